The maximum atomic E-state index is 13.5. The van der Waals surface area contributed by atoms with E-state index >= 15 is 0 Å². The third-order valence-electron chi connectivity index (χ3n) is 7.51. The van der Waals surface area contributed by atoms with Gasteiger partial charge in [-0.05, 0) is 24.6 Å². The molecule has 216 valence electrons. The fraction of sp³-hybridized carbons (Fsp3) is 0.379. The highest BCUT2D eigenvalue weighted by molar-refractivity contribution is 5.96. The molecule has 1 aliphatic heterocycles. The summed E-state index contributed by atoms with van der Waals surface area (Å²) in [7, 11) is 7.63. The monoisotopic (exact) mass is 562 g/mol. The Hall–Kier alpha value is -4.74. The Morgan fingerprint density at radius 1 is 0.902 bits per heavy atom. The predicted octanol–water partition coefficient (Wildman–Crippen LogP) is 1.78. The molecule has 5 rings (SSSR count). The van der Waals surface area contributed by atoms with Crippen molar-refractivity contribution in [1.29, 1.82) is 0 Å². The molecule has 0 aliphatic carbocycles. The van der Waals surface area contributed by atoms with E-state index in [0.717, 1.165) is 15.7 Å². The number of amides is 1. The summed E-state index contributed by atoms with van der Waals surface area (Å²) in [6.45, 7) is 4.26. The summed E-state index contributed by atoms with van der Waals surface area (Å²) < 4.78 is 20.6. The maximum Gasteiger partial charge on any atom is 0.332 e. The predicted molar refractivity (Wildman–Crippen MR) is 155 cm³/mol. The minimum Gasteiger partial charge on any atom is -0.493 e. The summed E-state index contributed by atoms with van der Waals surface area (Å²) >= 11 is 0. The molecule has 1 saturated heterocycles. The molecule has 0 saturated carbocycles. The van der Waals surface area contributed by atoms with Crippen LogP contribution in [0.4, 0.5) is 5.95 Å². The smallest absolute Gasteiger partial charge is 0.332 e. The van der Waals surface area contributed by atoms with Crippen LogP contribution >= 0.6 is 0 Å². The first-order valence-corrected chi connectivity index (χ1v) is 13.2. The van der Waals surface area contributed by atoms with E-state index in [9.17, 15) is 14.4 Å². The summed E-state index contributed by atoms with van der Waals surface area (Å²) in [6.07, 6.45) is 0. The van der Waals surface area contributed by atoms with Crippen LogP contribution in [0.15, 0.2) is 46.0 Å². The molecule has 41 heavy (non-hydrogen) atoms. The van der Waals surface area contributed by atoms with E-state index in [0.29, 0.717) is 72.6 Å². The van der Waals surface area contributed by atoms with Crippen molar-refractivity contribution in [1.82, 2.24) is 23.6 Å². The first kappa shape index (κ1) is 27.8. The van der Waals surface area contributed by atoms with Crippen LogP contribution in [-0.2, 0) is 20.6 Å². The molecule has 0 unspecified atom stereocenters. The lowest BCUT2D eigenvalue weighted by Gasteiger charge is -2.35. The van der Waals surface area contributed by atoms with Gasteiger partial charge in [0.05, 0.1) is 27.9 Å². The Balaban J connectivity index is 1.48. The number of fused-ring (bicyclic) bond motifs is 1. The Bertz CT molecular complexity index is 1720. The van der Waals surface area contributed by atoms with Crippen molar-refractivity contribution in [2.75, 3.05) is 52.4 Å². The van der Waals surface area contributed by atoms with Gasteiger partial charge in [-0.2, -0.15) is 4.98 Å². The van der Waals surface area contributed by atoms with E-state index in [1.54, 1.807) is 24.1 Å². The molecule has 1 fully saturated rings. The Kier molecular flexibility index (Phi) is 7.48. The molecule has 0 radical (unpaired) electrons. The van der Waals surface area contributed by atoms with Crippen LogP contribution in [0.2, 0.25) is 0 Å². The van der Waals surface area contributed by atoms with E-state index in [1.807, 2.05) is 29.7 Å². The molecular formula is C29H34N6O6. The molecule has 0 spiro atoms. The minimum absolute atomic E-state index is 0.159. The third-order valence-corrected chi connectivity index (χ3v) is 7.51. The van der Waals surface area contributed by atoms with Crippen LogP contribution in [0, 0.1) is 6.92 Å². The van der Waals surface area contributed by atoms with Gasteiger partial charge in [-0.25, -0.2) is 4.79 Å². The molecule has 3 heterocycles. The Morgan fingerprint density at radius 3 is 2.15 bits per heavy atom. The van der Waals surface area contributed by atoms with Gasteiger partial charge in [0, 0.05) is 45.8 Å². The molecule has 4 aromatic rings. The van der Waals surface area contributed by atoms with Crippen molar-refractivity contribution in [3.8, 4) is 17.2 Å². The van der Waals surface area contributed by atoms with Crippen LogP contribution in [-0.4, -0.2) is 77.0 Å². The van der Waals surface area contributed by atoms with Crippen LogP contribution in [0.25, 0.3) is 11.2 Å². The molecule has 12 nitrogen and oxygen atoms in total. The highest BCUT2D eigenvalue weighted by Crippen LogP contribution is 2.38. The lowest BCUT2D eigenvalue weighted by Crippen LogP contribution is -2.49. The van der Waals surface area contributed by atoms with Gasteiger partial charge in [0.2, 0.25) is 11.7 Å². The zero-order valence-corrected chi connectivity index (χ0v) is 24.1. The molecule has 0 bridgehead atoms. The van der Waals surface area contributed by atoms with Crippen LogP contribution in [0.5, 0.6) is 17.2 Å². The number of rotatable bonds is 7. The van der Waals surface area contributed by atoms with Gasteiger partial charge in [-0.15, -0.1) is 0 Å². The van der Waals surface area contributed by atoms with Gasteiger partial charge in [0.15, 0.2) is 22.7 Å². The number of methoxy groups -OCH3 is 3. The largest absolute Gasteiger partial charge is 0.493 e. The van der Waals surface area contributed by atoms with Crippen LogP contribution in [0.1, 0.15) is 21.5 Å². The Morgan fingerprint density at radius 2 is 1.56 bits per heavy atom. The van der Waals surface area contributed by atoms with Gasteiger partial charge in [0.1, 0.15) is 0 Å². The number of piperazine rings is 1. The fourth-order valence-electron chi connectivity index (χ4n) is 5.32. The minimum atomic E-state index is -0.435. The summed E-state index contributed by atoms with van der Waals surface area (Å²) in [5.74, 6) is 1.66. The second kappa shape index (κ2) is 11.0. The number of ether oxygens (including phenoxy) is 3. The summed E-state index contributed by atoms with van der Waals surface area (Å²) in [4.78, 5) is 48.1. The van der Waals surface area contributed by atoms with Crippen molar-refractivity contribution in [3.05, 3.63) is 73.9 Å². The standard InChI is InChI=1S/C29H34N6O6/c1-18-8-7-9-19(14-18)17-35-23-25(31(2)29(38)32(3)27(23)37)30-28(35)34-12-10-33(11-13-34)26(36)20-15-21(39-4)24(41-6)22(16-20)40-5/h7-9,14-16H,10-13,17H2,1-6H3. The molecule has 2 aromatic heterocycles. The average Bonchev–Trinajstić information content (AvgIpc) is 3.36. The van der Waals surface area contributed by atoms with Gasteiger partial charge < -0.3 is 24.0 Å². The number of carbonyl (C=O) groups is 1. The SMILES string of the molecule is COc1cc(C(=O)N2CCN(c3nc4c(c(=O)n(C)c(=O)n4C)n3Cc3cccc(C)c3)CC2)cc(OC)c1OC. The number of anilines is 1. The van der Waals surface area contributed by atoms with Gasteiger partial charge in [-0.3, -0.25) is 23.3 Å². The number of nitrogens with zero attached hydrogens (tertiary/aromatic N) is 6. The van der Waals surface area contributed by atoms with Crippen molar-refractivity contribution < 1.29 is 19.0 Å². The van der Waals surface area contributed by atoms with E-state index in [1.165, 1.54) is 32.9 Å². The Labute approximate surface area is 236 Å². The number of benzene rings is 2. The lowest BCUT2D eigenvalue weighted by atomic mass is 10.1. The highest BCUT2D eigenvalue weighted by Gasteiger charge is 2.29. The fourth-order valence-corrected chi connectivity index (χ4v) is 5.32. The third kappa shape index (κ3) is 4.90. The number of carbonyl (C=O) groups excluding carboxylic acids is 1. The summed E-state index contributed by atoms with van der Waals surface area (Å²) in [5, 5.41) is 0. The van der Waals surface area contributed by atoms with E-state index in [-0.39, 0.29) is 5.91 Å². The summed E-state index contributed by atoms with van der Waals surface area (Å²) in [6, 6.07) is 11.4. The maximum absolute atomic E-state index is 13.5. The first-order valence-electron chi connectivity index (χ1n) is 13.2. The van der Waals surface area contributed by atoms with Crippen molar-refractivity contribution in [2.45, 2.75) is 13.5 Å². The highest BCUT2D eigenvalue weighted by atomic mass is 16.5. The van der Waals surface area contributed by atoms with Crippen LogP contribution < -0.4 is 30.4 Å². The molecular weight excluding hydrogens is 528 g/mol. The molecule has 2 aromatic carbocycles. The second-order valence-corrected chi connectivity index (χ2v) is 10.1. The number of aromatic nitrogens is 4. The number of aryl methyl sites for hydroxylation is 2. The zero-order chi connectivity index (χ0) is 29.4. The zero-order valence-electron chi connectivity index (χ0n) is 24.1. The quantitative estimate of drug-likeness (QED) is 0.335. The van der Waals surface area contributed by atoms with Crippen LogP contribution in [0.3, 0.4) is 0 Å². The van der Waals surface area contributed by atoms with E-state index in [4.69, 9.17) is 19.2 Å². The molecule has 1 amide bonds. The molecule has 0 atom stereocenters. The average molecular weight is 563 g/mol. The molecule has 12 heteroatoms. The number of hydrogen-bond donors (Lipinski definition) is 0. The van der Waals surface area contributed by atoms with Crippen molar-refractivity contribution in [2.24, 2.45) is 14.1 Å². The summed E-state index contributed by atoms with van der Waals surface area (Å²) in [5.41, 5.74) is 2.41. The first-order chi connectivity index (χ1) is 19.7. The van der Waals surface area contributed by atoms with Crippen molar-refractivity contribution >= 4 is 23.0 Å². The molecule has 0 N–H and O–H groups in total. The van der Waals surface area contributed by atoms with Gasteiger partial charge >= 0.3 is 5.69 Å². The normalized spacial score (nSPS) is 13.5. The van der Waals surface area contributed by atoms with Gasteiger partial charge in [0.25, 0.3) is 11.5 Å². The number of hydrogen-bond acceptors (Lipinski definition) is 8. The van der Waals surface area contributed by atoms with Gasteiger partial charge in [-0.1, -0.05) is 29.8 Å². The number of imidazole rings is 1. The van der Waals surface area contributed by atoms with Crippen molar-refractivity contribution in [3.63, 3.8) is 0 Å². The molecule has 1 aliphatic rings. The lowest BCUT2D eigenvalue weighted by molar-refractivity contribution is 0.0745. The second-order valence-electron chi connectivity index (χ2n) is 10.1. The topological polar surface area (TPSA) is 113 Å². The van der Waals surface area contributed by atoms with E-state index < -0.39 is 11.2 Å². The van der Waals surface area contributed by atoms with E-state index in [2.05, 4.69) is 11.0 Å².